The molecule has 1 N–H and O–H groups in total. The fourth-order valence-electron chi connectivity index (χ4n) is 3.93. The first-order valence-electron chi connectivity index (χ1n) is 13.4. The molecule has 0 aromatic carbocycles. The zero-order chi connectivity index (χ0) is 25.7. The number of nitrogens with zero attached hydrogens (tertiary/aromatic N) is 2. The summed E-state index contributed by atoms with van der Waals surface area (Å²) in [6.45, 7) is 3.55. The topological polar surface area (TPSA) is 62.3 Å². The van der Waals surface area contributed by atoms with Crippen LogP contribution in [0.3, 0.4) is 0 Å². The van der Waals surface area contributed by atoms with Gasteiger partial charge in [-0.2, -0.15) is 0 Å². The molecule has 194 valence electrons. The number of unbranched alkanes of at least 4 members (excludes halogenated alkanes) is 1. The molecule has 36 heavy (non-hydrogen) atoms. The largest absolute Gasteiger partial charge is 0.348 e. The normalized spacial score (nSPS) is 15.3. The van der Waals surface area contributed by atoms with Crippen LogP contribution in [-0.2, 0) is 4.79 Å². The Kier molecular flexibility index (Phi) is 15.3. The van der Waals surface area contributed by atoms with Crippen molar-refractivity contribution in [2.75, 3.05) is 13.1 Å². The second-order valence-corrected chi connectivity index (χ2v) is 8.94. The number of amides is 2. The van der Waals surface area contributed by atoms with Crippen molar-refractivity contribution >= 4 is 11.8 Å². The Hall–Kier alpha value is -3.21. The minimum atomic E-state index is -0.141. The van der Waals surface area contributed by atoms with E-state index in [2.05, 4.69) is 78.0 Å². The molecule has 1 aliphatic rings. The lowest BCUT2D eigenvalue weighted by atomic mass is 10.0. The number of hydrogen-bond acceptors (Lipinski definition) is 3. The van der Waals surface area contributed by atoms with Gasteiger partial charge >= 0.3 is 0 Å². The van der Waals surface area contributed by atoms with E-state index in [4.69, 9.17) is 0 Å². The molecule has 1 aliphatic heterocycles. The average molecular weight is 490 g/mol. The van der Waals surface area contributed by atoms with Gasteiger partial charge in [0, 0.05) is 31.7 Å². The first kappa shape index (κ1) is 29.0. The number of carbonyl (C=O) groups excluding carboxylic acids is 2. The average Bonchev–Trinajstić information content (AvgIpc) is 2.91. The number of aromatic nitrogens is 1. The maximum Gasteiger partial charge on any atom is 0.270 e. The molecule has 2 amide bonds. The van der Waals surface area contributed by atoms with E-state index in [1.807, 2.05) is 11.0 Å². The van der Waals surface area contributed by atoms with Crippen LogP contribution in [-0.4, -0.2) is 40.8 Å². The molecule has 0 bridgehead atoms. The molecule has 2 rings (SSSR count). The second-order valence-electron chi connectivity index (χ2n) is 8.94. The van der Waals surface area contributed by atoms with Gasteiger partial charge in [0.15, 0.2) is 0 Å². The SMILES string of the molecule is CC/C=C\CC=CCC=CC/C=C\C/C=C\CCCC(=O)N1CCC(NC(=O)c2ccccn2)CC1. The summed E-state index contributed by atoms with van der Waals surface area (Å²) in [7, 11) is 0. The zero-order valence-electron chi connectivity index (χ0n) is 21.9. The molecule has 0 radical (unpaired) electrons. The van der Waals surface area contributed by atoms with E-state index < -0.39 is 0 Å². The number of allylic oxidation sites excluding steroid dienone is 10. The molecule has 0 aliphatic carbocycles. The van der Waals surface area contributed by atoms with E-state index in [1.165, 1.54) is 0 Å². The Morgan fingerprint density at radius 3 is 2.03 bits per heavy atom. The van der Waals surface area contributed by atoms with Crippen molar-refractivity contribution in [1.82, 2.24) is 15.2 Å². The summed E-state index contributed by atoms with van der Waals surface area (Å²) >= 11 is 0. The third-order valence-electron chi connectivity index (χ3n) is 6.00. The minimum absolute atomic E-state index is 0.102. The summed E-state index contributed by atoms with van der Waals surface area (Å²) in [5, 5.41) is 3.04. The molecular formula is C31H43N3O2. The van der Waals surface area contributed by atoms with Crippen LogP contribution in [0, 0.1) is 0 Å². The van der Waals surface area contributed by atoms with Gasteiger partial charge in [-0.1, -0.05) is 73.8 Å². The van der Waals surface area contributed by atoms with Gasteiger partial charge in [0.1, 0.15) is 5.69 Å². The van der Waals surface area contributed by atoms with Crippen LogP contribution in [0.5, 0.6) is 0 Å². The molecule has 1 saturated heterocycles. The standard InChI is InChI=1S/C31H43N3O2/c1-2-3-4-5-6-7-8-9-10-11-12-13-14-15-16-17-18-22-30(35)34-26-23-28(24-27-34)33-31(36)29-21-19-20-25-32-29/h3-4,6-7,9-10,12-13,15-16,19-21,25,28H,2,5,8,11,14,17-18,22-24,26-27H2,1H3,(H,33,36)/b4-3-,7-6?,10-9?,13-12-,16-15-. The van der Waals surface area contributed by atoms with E-state index >= 15 is 0 Å². The lowest BCUT2D eigenvalue weighted by Crippen LogP contribution is -2.46. The van der Waals surface area contributed by atoms with Gasteiger partial charge in [-0.05, 0) is 69.9 Å². The highest BCUT2D eigenvalue weighted by Gasteiger charge is 2.23. The van der Waals surface area contributed by atoms with Gasteiger partial charge in [-0.25, -0.2) is 0 Å². The van der Waals surface area contributed by atoms with Crippen LogP contribution in [0.2, 0.25) is 0 Å². The van der Waals surface area contributed by atoms with Gasteiger partial charge in [0.05, 0.1) is 0 Å². The van der Waals surface area contributed by atoms with Crippen molar-refractivity contribution < 1.29 is 9.59 Å². The van der Waals surface area contributed by atoms with Gasteiger partial charge in [0.25, 0.3) is 5.91 Å². The lowest BCUT2D eigenvalue weighted by Gasteiger charge is -2.32. The maximum atomic E-state index is 12.5. The third-order valence-corrected chi connectivity index (χ3v) is 6.00. The summed E-state index contributed by atoms with van der Waals surface area (Å²) in [5.74, 6) is 0.0780. The fraction of sp³-hybridized carbons (Fsp3) is 0.452. The highest BCUT2D eigenvalue weighted by Crippen LogP contribution is 2.13. The molecule has 2 heterocycles. The Morgan fingerprint density at radius 1 is 0.889 bits per heavy atom. The van der Waals surface area contributed by atoms with E-state index in [0.717, 1.165) is 57.8 Å². The maximum absolute atomic E-state index is 12.5. The number of carbonyl (C=O) groups is 2. The number of hydrogen-bond donors (Lipinski definition) is 1. The van der Waals surface area contributed by atoms with Crippen molar-refractivity contribution in [3.05, 3.63) is 90.9 Å². The van der Waals surface area contributed by atoms with Crippen LogP contribution >= 0.6 is 0 Å². The Labute approximate surface area is 217 Å². The lowest BCUT2D eigenvalue weighted by molar-refractivity contribution is -0.132. The van der Waals surface area contributed by atoms with Crippen molar-refractivity contribution in [3.8, 4) is 0 Å². The predicted molar refractivity (Wildman–Crippen MR) is 150 cm³/mol. The molecule has 0 spiro atoms. The van der Waals surface area contributed by atoms with Crippen LogP contribution in [0.1, 0.15) is 81.6 Å². The van der Waals surface area contributed by atoms with Crippen molar-refractivity contribution in [2.45, 2.75) is 77.2 Å². The molecule has 0 saturated carbocycles. The number of piperidine rings is 1. The zero-order valence-corrected chi connectivity index (χ0v) is 21.9. The molecule has 1 aromatic rings. The van der Waals surface area contributed by atoms with Gasteiger partial charge in [0.2, 0.25) is 5.91 Å². The van der Waals surface area contributed by atoms with Crippen molar-refractivity contribution in [3.63, 3.8) is 0 Å². The number of nitrogens with one attached hydrogen (secondary N) is 1. The molecule has 0 unspecified atom stereocenters. The van der Waals surface area contributed by atoms with E-state index in [1.54, 1.807) is 18.3 Å². The van der Waals surface area contributed by atoms with Crippen LogP contribution < -0.4 is 5.32 Å². The highest BCUT2D eigenvalue weighted by atomic mass is 16.2. The molecule has 1 aromatic heterocycles. The number of pyridine rings is 1. The Morgan fingerprint density at radius 2 is 1.47 bits per heavy atom. The Balaban J connectivity index is 1.47. The van der Waals surface area contributed by atoms with Crippen molar-refractivity contribution in [2.24, 2.45) is 0 Å². The smallest absolute Gasteiger partial charge is 0.270 e. The summed E-state index contributed by atoms with van der Waals surface area (Å²) in [6, 6.07) is 5.42. The summed E-state index contributed by atoms with van der Waals surface area (Å²) in [5.41, 5.74) is 0.436. The first-order chi connectivity index (χ1) is 17.7. The molecule has 5 heteroatoms. The first-order valence-corrected chi connectivity index (χ1v) is 13.4. The number of rotatable bonds is 15. The molecule has 5 nitrogen and oxygen atoms in total. The number of likely N-dealkylation sites (tertiary alicyclic amines) is 1. The molecule has 1 fully saturated rings. The van der Waals surface area contributed by atoms with Gasteiger partial charge in [-0.15, -0.1) is 0 Å². The van der Waals surface area contributed by atoms with E-state index in [-0.39, 0.29) is 17.9 Å². The Bertz CT molecular complexity index is 892. The third kappa shape index (κ3) is 13.0. The summed E-state index contributed by atoms with van der Waals surface area (Å²) < 4.78 is 0. The minimum Gasteiger partial charge on any atom is -0.348 e. The van der Waals surface area contributed by atoms with E-state index in [0.29, 0.717) is 25.2 Å². The molecular weight excluding hydrogens is 446 g/mol. The van der Waals surface area contributed by atoms with Gasteiger partial charge < -0.3 is 10.2 Å². The fourth-order valence-corrected chi connectivity index (χ4v) is 3.93. The second kappa shape index (κ2) is 19.0. The predicted octanol–water partition coefficient (Wildman–Crippen LogP) is 6.72. The summed E-state index contributed by atoms with van der Waals surface area (Å²) in [4.78, 5) is 30.8. The van der Waals surface area contributed by atoms with Gasteiger partial charge in [-0.3, -0.25) is 14.6 Å². The van der Waals surface area contributed by atoms with Crippen LogP contribution in [0.15, 0.2) is 85.2 Å². The van der Waals surface area contributed by atoms with Crippen molar-refractivity contribution in [1.29, 1.82) is 0 Å². The van der Waals surface area contributed by atoms with Crippen LogP contribution in [0.4, 0.5) is 0 Å². The van der Waals surface area contributed by atoms with Crippen LogP contribution in [0.25, 0.3) is 0 Å². The van der Waals surface area contributed by atoms with E-state index in [9.17, 15) is 9.59 Å². The highest BCUT2D eigenvalue weighted by molar-refractivity contribution is 5.92. The quantitative estimate of drug-likeness (QED) is 0.220. The molecule has 0 atom stereocenters. The monoisotopic (exact) mass is 489 g/mol. The summed E-state index contributed by atoms with van der Waals surface area (Å²) in [6.07, 6.45) is 32.6.